The number of nitrogens with zero attached hydrogens (tertiary/aromatic N) is 8. The minimum atomic E-state index is -5.48. The molecule has 1 N–H and O–H groups in total. The number of carbonyl (C=O) groups excluding carboxylic acids is 1. The maximum atomic E-state index is 15.3. The molecule has 1 aliphatic rings. The van der Waals surface area contributed by atoms with E-state index in [1.165, 1.54) is 12.3 Å². The van der Waals surface area contributed by atoms with Gasteiger partial charge in [-0.05, 0) is 0 Å². The van der Waals surface area contributed by atoms with Gasteiger partial charge in [-0.1, -0.05) is 0 Å². The predicted octanol–water partition coefficient (Wildman–Crippen LogP) is 1.97. The van der Waals surface area contributed by atoms with Crippen LogP contribution in [-0.4, -0.2) is 82.5 Å². The van der Waals surface area contributed by atoms with Gasteiger partial charge in [0, 0.05) is 29.8 Å². The number of fused-ring (bicyclic) bond motifs is 2. The molecule has 0 bridgehead atoms. The predicted molar refractivity (Wildman–Crippen MR) is 136 cm³/mol. The van der Waals surface area contributed by atoms with Crippen LogP contribution < -0.4 is 25.7 Å². The van der Waals surface area contributed by atoms with Gasteiger partial charge >= 0.3 is 29.9 Å². The summed E-state index contributed by atoms with van der Waals surface area (Å²) in [6.45, 7) is -2.99. The van der Waals surface area contributed by atoms with Crippen molar-refractivity contribution in [3.63, 3.8) is 0 Å². The fourth-order valence-corrected chi connectivity index (χ4v) is 4.62. The van der Waals surface area contributed by atoms with Crippen molar-refractivity contribution in [2.24, 2.45) is 0 Å². The Morgan fingerprint density at radius 1 is 1.09 bits per heavy atom. The van der Waals surface area contributed by atoms with Gasteiger partial charge in [0.15, 0.2) is 11.8 Å². The minimum absolute atomic E-state index is 0.0188. The summed E-state index contributed by atoms with van der Waals surface area (Å²) < 4.78 is 114. The van der Waals surface area contributed by atoms with E-state index < -0.39 is 72.7 Å². The molecule has 1 saturated heterocycles. The Hall–Kier alpha value is -5.57. The van der Waals surface area contributed by atoms with E-state index in [1.54, 1.807) is 4.98 Å². The molecule has 6 heterocycles. The highest BCUT2D eigenvalue weighted by molar-refractivity contribution is 5.78. The minimum Gasteiger partial charge on any atom is -0.466 e. The van der Waals surface area contributed by atoms with Crippen molar-refractivity contribution < 1.29 is 49.5 Å². The van der Waals surface area contributed by atoms with Gasteiger partial charge < -0.3 is 14.5 Å². The van der Waals surface area contributed by atoms with Crippen LogP contribution in [0.15, 0.2) is 52.6 Å². The van der Waals surface area contributed by atoms with Crippen LogP contribution in [0.1, 0.15) is 0 Å². The molecule has 0 aromatic carbocycles. The summed E-state index contributed by atoms with van der Waals surface area (Å²) >= 11 is 0. The maximum absolute atomic E-state index is 15.3. The number of nitrogens with one attached hydrogen (secondary N) is 1. The summed E-state index contributed by atoms with van der Waals surface area (Å²) in [5.74, 6) is -6.87. The number of rotatable bonds is 6. The zero-order valence-electron chi connectivity index (χ0n) is 22.4. The number of halogens is 8. The fraction of sp³-hybridized carbons (Fsp3) is 0.292. The van der Waals surface area contributed by atoms with Gasteiger partial charge in [-0.15, -0.1) is 4.73 Å². The van der Waals surface area contributed by atoms with Crippen molar-refractivity contribution in [2.45, 2.75) is 30.9 Å². The molecule has 0 spiro atoms. The quantitative estimate of drug-likeness (QED) is 0.267. The van der Waals surface area contributed by atoms with Crippen LogP contribution in [0.4, 0.5) is 40.9 Å². The first-order valence-electron chi connectivity index (χ1n) is 12.7. The number of anilines is 1. The summed E-state index contributed by atoms with van der Waals surface area (Å²) in [6, 6.07) is 3.42. The molecule has 242 valence electrons. The molecule has 22 heteroatoms. The molecule has 0 unspecified atom stereocenters. The van der Waals surface area contributed by atoms with Crippen molar-refractivity contribution in [3.8, 4) is 17.1 Å². The van der Waals surface area contributed by atoms with Crippen molar-refractivity contribution in [3.05, 3.63) is 63.8 Å². The summed E-state index contributed by atoms with van der Waals surface area (Å²) in [7, 11) is 0. The van der Waals surface area contributed by atoms with Crippen molar-refractivity contribution in [1.82, 2.24) is 39.1 Å². The number of H-pyrrole nitrogens is 1. The van der Waals surface area contributed by atoms with E-state index in [1.807, 2.05) is 0 Å². The lowest BCUT2D eigenvalue weighted by molar-refractivity contribution is -0.200. The van der Waals surface area contributed by atoms with Gasteiger partial charge in [0.05, 0.1) is 48.5 Å². The summed E-state index contributed by atoms with van der Waals surface area (Å²) in [4.78, 5) is 50.6. The monoisotopic (exact) mass is 661 g/mol. The lowest BCUT2D eigenvalue weighted by Gasteiger charge is -2.19. The fourth-order valence-electron chi connectivity index (χ4n) is 4.62. The molecule has 0 aliphatic carbocycles. The van der Waals surface area contributed by atoms with Gasteiger partial charge in [0.25, 0.3) is 5.56 Å². The molecule has 1 atom stereocenters. The SMILES string of the molecule is O=C(On1cc(-c2cc(N3C[C@H](Oc4cc5c(cn4)cnn5CC(F)(F)F)C(F)(F)C3)n3nccc3n2)c(=O)[nH]c1=O)C(F)(F)F. The normalized spacial score (nSPS) is 16.8. The molecular weight excluding hydrogens is 646 g/mol. The van der Waals surface area contributed by atoms with E-state index in [-0.39, 0.29) is 32.8 Å². The van der Waals surface area contributed by atoms with Crippen LogP contribution in [0.3, 0.4) is 0 Å². The van der Waals surface area contributed by atoms with Crippen LogP contribution in [-0.2, 0) is 11.3 Å². The van der Waals surface area contributed by atoms with Crippen molar-refractivity contribution in [1.29, 1.82) is 0 Å². The third-order valence-electron chi connectivity index (χ3n) is 6.62. The molecule has 0 radical (unpaired) electrons. The average molecular weight is 661 g/mol. The molecule has 6 rings (SSSR count). The van der Waals surface area contributed by atoms with E-state index in [9.17, 15) is 40.7 Å². The first-order valence-corrected chi connectivity index (χ1v) is 12.7. The number of aromatic amines is 1. The number of carbonyl (C=O) groups is 1. The largest absolute Gasteiger partial charge is 0.493 e. The summed E-state index contributed by atoms with van der Waals surface area (Å²) in [6.07, 6.45) is -8.05. The van der Waals surface area contributed by atoms with E-state index in [4.69, 9.17) is 4.74 Å². The second kappa shape index (κ2) is 10.5. The summed E-state index contributed by atoms with van der Waals surface area (Å²) in [5, 5.41) is 7.87. The van der Waals surface area contributed by atoms with Crippen LogP contribution in [0.2, 0.25) is 0 Å². The van der Waals surface area contributed by atoms with Gasteiger partial charge in [-0.2, -0.15) is 41.1 Å². The number of ether oxygens (including phenoxy) is 1. The Kier molecular flexibility index (Phi) is 6.96. The van der Waals surface area contributed by atoms with Crippen LogP contribution >= 0.6 is 0 Å². The van der Waals surface area contributed by atoms with E-state index in [0.29, 0.717) is 10.9 Å². The van der Waals surface area contributed by atoms with Gasteiger partial charge in [0.1, 0.15) is 12.4 Å². The van der Waals surface area contributed by atoms with Crippen molar-refractivity contribution in [2.75, 3.05) is 18.0 Å². The lowest BCUT2D eigenvalue weighted by Crippen LogP contribution is -2.41. The lowest BCUT2D eigenvalue weighted by atomic mass is 10.2. The number of hydrogen-bond donors (Lipinski definition) is 1. The Morgan fingerprint density at radius 2 is 1.85 bits per heavy atom. The molecule has 0 saturated carbocycles. The summed E-state index contributed by atoms with van der Waals surface area (Å²) in [5.41, 5.74) is -3.68. The zero-order valence-corrected chi connectivity index (χ0v) is 22.4. The molecule has 1 aliphatic heterocycles. The molecule has 0 amide bonds. The number of pyridine rings is 1. The highest BCUT2D eigenvalue weighted by atomic mass is 19.4. The maximum Gasteiger partial charge on any atom is 0.493 e. The molecular formula is C24H15F8N9O5. The Labute approximate surface area is 247 Å². The smallest absolute Gasteiger partial charge is 0.466 e. The number of alkyl halides is 8. The van der Waals surface area contributed by atoms with Gasteiger partial charge in [-0.3, -0.25) is 14.5 Å². The molecule has 5 aromatic heterocycles. The Morgan fingerprint density at radius 3 is 2.57 bits per heavy atom. The van der Waals surface area contributed by atoms with E-state index >= 15 is 8.78 Å². The highest BCUT2D eigenvalue weighted by Gasteiger charge is 2.51. The Balaban J connectivity index is 1.32. The third-order valence-corrected chi connectivity index (χ3v) is 6.62. The average Bonchev–Trinajstić information content (AvgIpc) is 3.65. The van der Waals surface area contributed by atoms with Crippen LogP contribution in [0.5, 0.6) is 5.88 Å². The number of aromatic nitrogens is 8. The van der Waals surface area contributed by atoms with Crippen LogP contribution in [0, 0.1) is 0 Å². The molecule has 1 fully saturated rings. The standard InChI is InChI=1S/C24H15F8N9O5/c25-22(26)9-38(8-15(22)45-17-4-14-11(5-33-17)6-35-39(14)10-23(27,28)29)18-3-13(36-16-1-2-34-41(16)18)12-7-40(21(44)37-19(12)42)46-20(43)24(30,31)32/h1-7,15H,8-10H2,(H,37,42,44)/t15-/m0/s1. The molecule has 5 aromatic rings. The first-order chi connectivity index (χ1) is 21.5. The highest BCUT2D eigenvalue weighted by Crippen LogP contribution is 2.35. The molecule has 46 heavy (non-hydrogen) atoms. The molecule has 14 nitrogen and oxygen atoms in total. The first kappa shape index (κ1) is 30.5. The second-order valence-electron chi connectivity index (χ2n) is 9.85. The van der Waals surface area contributed by atoms with Gasteiger partial charge in [0.2, 0.25) is 5.88 Å². The Bertz CT molecular complexity index is 2100. The number of hydrogen-bond acceptors (Lipinski definition) is 10. The van der Waals surface area contributed by atoms with E-state index in [2.05, 4.69) is 25.0 Å². The zero-order chi connectivity index (χ0) is 33.2. The topological polar surface area (TPSA) is 155 Å². The van der Waals surface area contributed by atoms with Crippen molar-refractivity contribution >= 4 is 28.3 Å². The van der Waals surface area contributed by atoms with Crippen LogP contribution in [0.25, 0.3) is 27.8 Å². The second-order valence-corrected chi connectivity index (χ2v) is 9.85. The van der Waals surface area contributed by atoms with E-state index in [0.717, 1.165) is 33.9 Å². The van der Waals surface area contributed by atoms with Gasteiger partial charge in [-0.25, -0.2) is 28.3 Å². The third kappa shape index (κ3) is 5.79.